The number of benzene rings is 1. The molecule has 0 N–H and O–H groups in total. The number of nitrogens with zero attached hydrogens (tertiary/aromatic N) is 3. The van der Waals surface area contributed by atoms with Crippen LogP contribution in [0.3, 0.4) is 0 Å². The second kappa shape index (κ2) is 7.66. The molecule has 0 bridgehead atoms. The Kier molecular flexibility index (Phi) is 5.20. The lowest BCUT2D eigenvalue weighted by Gasteiger charge is -2.24. The summed E-state index contributed by atoms with van der Waals surface area (Å²) in [7, 11) is -3.69. The van der Waals surface area contributed by atoms with Crippen molar-refractivity contribution in [2.75, 3.05) is 19.3 Å². The third-order valence-corrected chi connectivity index (χ3v) is 8.04. The molecule has 5 rings (SSSR count). The fourth-order valence-corrected chi connectivity index (χ4v) is 5.29. The number of halogens is 3. The molecule has 3 atom stereocenters. The molecule has 1 aromatic heterocycles. The van der Waals surface area contributed by atoms with Crippen LogP contribution >= 0.6 is 0 Å². The average Bonchev–Trinajstić information content (AvgIpc) is 3.70. The number of ether oxygens (including phenoxy) is 1. The Morgan fingerprint density at radius 1 is 1.26 bits per heavy atom. The second-order valence-corrected chi connectivity index (χ2v) is 11.6. The number of likely N-dealkylation sites (tertiary alicyclic amines) is 1. The quantitative estimate of drug-likeness (QED) is 0.610. The van der Waals surface area contributed by atoms with E-state index < -0.39 is 28.0 Å². The van der Waals surface area contributed by atoms with Crippen LogP contribution in [0.5, 0.6) is 5.75 Å². The van der Waals surface area contributed by atoms with Gasteiger partial charge in [-0.15, -0.1) is 0 Å². The van der Waals surface area contributed by atoms with Gasteiger partial charge in [-0.2, -0.15) is 13.2 Å². The first-order valence-corrected chi connectivity index (χ1v) is 13.0. The molecule has 2 aromatic rings. The van der Waals surface area contributed by atoms with E-state index in [2.05, 4.69) is 4.98 Å². The van der Waals surface area contributed by atoms with Crippen molar-refractivity contribution in [3.8, 4) is 5.75 Å². The van der Waals surface area contributed by atoms with Crippen LogP contribution in [0.4, 0.5) is 13.2 Å². The normalized spacial score (nSPS) is 25.1. The number of carbonyl (C=O) groups is 1. The molecule has 1 aliphatic heterocycles. The number of alkyl halides is 3. The summed E-state index contributed by atoms with van der Waals surface area (Å²) in [6.07, 6.45) is -1.05. The summed E-state index contributed by atoms with van der Waals surface area (Å²) in [5, 5.41) is 0. The first kappa shape index (κ1) is 23.1. The summed E-state index contributed by atoms with van der Waals surface area (Å²) >= 11 is 0. The van der Waals surface area contributed by atoms with Gasteiger partial charge in [0.2, 0.25) is 0 Å². The van der Waals surface area contributed by atoms with Crippen LogP contribution in [0.15, 0.2) is 35.4 Å². The zero-order chi connectivity index (χ0) is 24.5. The summed E-state index contributed by atoms with van der Waals surface area (Å²) in [5.74, 6) is 0.443. The predicted molar refractivity (Wildman–Crippen MR) is 115 cm³/mol. The van der Waals surface area contributed by atoms with Gasteiger partial charge in [0.15, 0.2) is 15.9 Å². The van der Waals surface area contributed by atoms with Crippen molar-refractivity contribution < 1.29 is 31.1 Å². The highest BCUT2D eigenvalue weighted by Crippen LogP contribution is 2.58. The molecule has 11 heteroatoms. The van der Waals surface area contributed by atoms with Gasteiger partial charge in [-0.1, -0.05) is 0 Å². The molecular weight excluding hydrogens is 471 g/mol. The van der Waals surface area contributed by atoms with Crippen molar-refractivity contribution in [3.05, 3.63) is 47.5 Å². The number of rotatable bonds is 6. The van der Waals surface area contributed by atoms with Crippen LogP contribution in [0.1, 0.15) is 54.0 Å². The number of carbonyl (C=O) groups excluding carboxylic acids is 1. The molecule has 2 aliphatic carbocycles. The Bertz CT molecular complexity index is 1260. The molecule has 1 aromatic carbocycles. The van der Waals surface area contributed by atoms with Crippen LogP contribution in [-0.2, 0) is 15.3 Å². The molecule has 0 spiro atoms. The van der Waals surface area contributed by atoms with Crippen LogP contribution in [-0.4, -0.2) is 60.8 Å². The van der Waals surface area contributed by atoms with Crippen LogP contribution < -0.4 is 4.74 Å². The van der Waals surface area contributed by atoms with Gasteiger partial charge in [-0.25, -0.2) is 18.4 Å². The van der Waals surface area contributed by atoms with Crippen molar-refractivity contribution in [2.24, 2.45) is 5.92 Å². The molecule has 1 amide bonds. The zero-order valence-corrected chi connectivity index (χ0v) is 19.5. The topological polar surface area (TPSA) is 89.5 Å². The predicted octanol–water partition coefficient (Wildman–Crippen LogP) is 3.50. The minimum atomic E-state index is -4.64. The summed E-state index contributed by atoms with van der Waals surface area (Å²) in [6, 6.07) is 5.26. The highest BCUT2D eigenvalue weighted by molar-refractivity contribution is 7.90. The average molecular weight is 496 g/mol. The molecule has 7 nitrogen and oxygen atoms in total. The van der Waals surface area contributed by atoms with Crippen molar-refractivity contribution in [2.45, 2.75) is 54.7 Å². The summed E-state index contributed by atoms with van der Waals surface area (Å²) in [6.45, 7) is 1.55. The minimum Gasteiger partial charge on any atom is -0.480 e. The number of hydrogen-bond acceptors (Lipinski definition) is 6. The number of fused-ring (bicyclic) bond motifs is 1. The Morgan fingerprint density at radius 3 is 2.65 bits per heavy atom. The summed E-state index contributed by atoms with van der Waals surface area (Å²) < 4.78 is 68.4. The smallest absolute Gasteiger partial charge is 0.425 e. The molecule has 3 fully saturated rings. The lowest BCUT2D eigenvalue weighted by Crippen LogP contribution is -2.35. The number of piperidine rings is 1. The SMILES string of the molecule is C[C@@H](Oc1ccc(S(C)(=O)=O)cc1C(=O)N1CC2CC2(c2nccc(C3CC3)n2)C1)C(F)(F)F. The Hall–Kier alpha value is -2.69. The zero-order valence-electron chi connectivity index (χ0n) is 18.7. The van der Waals surface area contributed by atoms with E-state index in [1.807, 2.05) is 6.07 Å². The third kappa shape index (κ3) is 4.14. The summed E-state index contributed by atoms with van der Waals surface area (Å²) in [5.41, 5.74) is 0.436. The molecule has 2 saturated carbocycles. The Morgan fingerprint density at radius 2 is 2.00 bits per heavy atom. The van der Waals surface area contributed by atoms with Gasteiger partial charge in [0.1, 0.15) is 11.6 Å². The lowest BCUT2D eigenvalue weighted by atomic mass is 10.0. The van der Waals surface area contributed by atoms with E-state index in [9.17, 15) is 26.4 Å². The molecule has 34 heavy (non-hydrogen) atoms. The maximum Gasteiger partial charge on any atom is 0.425 e. The molecule has 2 heterocycles. The van der Waals surface area contributed by atoms with E-state index in [4.69, 9.17) is 9.72 Å². The molecule has 3 aliphatic rings. The molecule has 0 radical (unpaired) electrons. The number of hydrogen-bond donors (Lipinski definition) is 0. The molecule has 1 saturated heterocycles. The third-order valence-electron chi connectivity index (χ3n) is 6.93. The number of aromatic nitrogens is 2. The Balaban J connectivity index is 1.43. The van der Waals surface area contributed by atoms with Crippen molar-refractivity contribution >= 4 is 15.7 Å². The number of amides is 1. The van der Waals surface area contributed by atoms with E-state index >= 15 is 0 Å². The first-order chi connectivity index (χ1) is 15.9. The number of sulfone groups is 1. The van der Waals surface area contributed by atoms with Crippen LogP contribution in [0.2, 0.25) is 0 Å². The first-order valence-electron chi connectivity index (χ1n) is 11.1. The van der Waals surface area contributed by atoms with Crippen molar-refractivity contribution in [1.29, 1.82) is 0 Å². The van der Waals surface area contributed by atoms with E-state index in [0.29, 0.717) is 24.8 Å². The van der Waals surface area contributed by atoms with E-state index in [1.54, 1.807) is 6.20 Å². The maximum atomic E-state index is 13.4. The van der Waals surface area contributed by atoms with Gasteiger partial charge >= 0.3 is 6.18 Å². The van der Waals surface area contributed by atoms with Crippen molar-refractivity contribution in [3.63, 3.8) is 0 Å². The van der Waals surface area contributed by atoms with Gasteiger partial charge in [0, 0.05) is 37.2 Å². The molecule has 2 unspecified atom stereocenters. The van der Waals surface area contributed by atoms with Gasteiger partial charge in [-0.3, -0.25) is 4.79 Å². The summed E-state index contributed by atoms with van der Waals surface area (Å²) in [4.78, 5) is 24.0. The van der Waals surface area contributed by atoms with Gasteiger partial charge in [-0.05, 0) is 56.4 Å². The van der Waals surface area contributed by atoms with Crippen LogP contribution in [0, 0.1) is 5.92 Å². The maximum absolute atomic E-state index is 13.4. The molecule has 182 valence electrons. The van der Waals surface area contributed by atoms with Gasteiger partial charge < -0.3 is 9.64 Å². The van der Waals surface area contributed by atoms with Crippen LogP contribution in [0.25, 0.3) is 0 Å². The van der Waals surface area contributed by atoms with E-state index in [1.165, 1.54) is 4.90 Å². The standard InChI is InChI=1S/C23H24F3N3O4S/c1-13(23(24,25)26)33-19-6-5-16(34(2,31)32)9-17(19)20(30)29-11-15-10-22(15,12-29)21-27-8-7-18(28-21)14-3-4-14/h5-9,13-15H,3-4,10-12H2,1-2H3/t13-,15?,22?/m1/s1. The largest absolute Gasteiger partial charge is 0.480 e. The van der Waals surface area contributed by atoms with E-state index in [-0.39, 0.29) is 27.5 Å². The van der Waals surface area contributed by atoms with Gasteiger partial charge in [0.05, 0.1) is 15.9 Å². The van der Waals surface area contributed by atoms with E-state index in [0.717, 1.165) is 56.3 Å². The lowest BCUT2D eigenvalue weighted by molar-refractivity contribution is -0.189. The fraction of sp³-hybridized carbons (Fsp3) is 0.522. The molecular formula is C23H24F3N3O4S. The monoisotopic (exact) mass is 495 g/mol. The fourth-order valence-electron chi connectivity index (χ4n) is 4.64. The Labute approximate surface area is 195 Å². The second-order valence-electron chi connectivity index (χ2n) is 9.55. The highest BCUT2D eigenvalue weighted by atomic mass is 32.2. The van der Waals surface area contributed by atoms with Crippen molar-refractivity contribution in [1.82, 2.24) is 14.9 Å². The minimum absolute atomic E-state index is 0.155. The van der Waals surface area contributed by atoms with Gasteiger partial charge in [0.25, 0.3) is 5.91 Å². The highest BCUT2D eigenvalue weighted by Gasteiger charge is 2.64.